The van der Waals surface area contributed by atoms with Crippen molar-refractivity contribution in [3.8, 4) is 0 Å². The van der Waals surface area contributed by atoms with Crippen molar-refractivity contribution in [3.63, 3.8) is 0 Å². The molecule has 0 aliphatic carbocycles. The molecule has 0 aliphatic heterocycles. The summed E-state index contributed by atoms with van der Waals surface area (Å²) in [5, 5.41) is 2.98. The van der Waals surface area contributed by atoms with Gasteiger partial charge in [0.05, 0.1) is 6.54 Å². The molecular formula is C25H37N3O3. The SMILES string of the molecule is CCCCN(CC(=O)N(CCc1ccccc1)Cc1ccc(C)o1)C(=O)NC(C)(C)C. The van der Waals surface area contributed by atoms with Crippen LogP contribution in [0.4, 0.5) is 4.79 Å². The van der Waals surface area contributed by atoms with Gasteiger partial charge in [-0.3, -0.25) is 4.79 Å². The lowest BCUT2D eigenvalue weighted by Crippen LogP contribution is -2.52. The molecule has 1 N–H and O–H groups in total. The topological polar surface area (TPSA) is 65.8 Å². The number of carbonyl (C=O) groups is 2. The average Bonchev–Trinajstić information content (AvgIpc) is 3.12. The number of hydrogen-bond acceptors (Lipinski definition) is 3. The molecule has 3 amide bonds. The molecule has 0 unspecified atom stereocenters. The molecule has 0 aliphatic rings. The van der Waals surface area contributed by atoms with Crippen LogP contribution in [-0.4, -0.2) is 46.9 Å². The largest absolute Gasteiger partial charge is 0.464 e. The van der Waals surface area contributed by atoms with E-state index in [0.29, 0.717) is 19.6 Å². The minimum absolute atomic E-state index is 0.0520. The summed E-state index contributed by atoms with van der Waals surface area (Å²) in [5.41, 5.74) is 0.813. The highest BCUT2D eigenvalue weighted by atomic mass is 16.3. The van der Waals surface area contributed by atoms with Crippen LogP contribution in [0.5, 0.6) is 0 Å². The lowest BCUT2D eigenvalue weighted by atomic mass is 10.1. The van der Waals surface area contributed by atoms with Crippen LogP contribution in [0.15, 0.2) is 46.9 Å². The van der Waals surface area contributed by atoms with Crippen molar-refractivity contribution in [2.24, 2.45) is 0 Å². The van der Waals surface area contributed by atoms with E-state index in [4.69, 9.17) is 4.42 Å². The van der Waals surface area contributed by atoms with E-state index in [-0.39, 0.29) is 24.0 Å². The van der Waals surface area contributed by atoms with Crippen LogP contribution in [0.2, 0.25) is 0 Å². The number of hydrogen-bond donors (Lipinski definition) is 1. The number of rotatable bonds is 10. The van der Waals surface area contributed by atoms with Crippen LogP contribution in [0.25, 0.3) is 0 Å². The highest BCUT2D eigenvalue weighted by Gasteiger charge is 2.24. The molecule has 6 heteroatoms. The highest BCUT2D eigenvalue weighted by Crippen LogP contribution is 2.12. The maximum absolute atomic E-state index is 13.3. The van der Waals surface area contributed by atoms with Gasteiger partial charge >= 0.3 is 6.03 Å². The van der Waals surface area contributed by atoms with Gasteiger partial charge in [-0.2, -0.15) is 0 Å². The van der Waals surface area contributed by atoms with E-state index >= 15 is 0 Å². The molecule has 0 atom stereocenters. The molecule has 6 nitrogen and oxygen atoms in total. The van der Waals surface area contributed by atoms with Crippen molar-refractivity contribution in [1.82, 2.24) is 15.1 Å². The van der Waals surface area contributed by atoms with Crippen molar-refractivity contribution >= 4 is 11.9 Å². The zero-order valence-corrected chi connectivity index (χ0v) is 19.6. The smallest absolute Gasteiger partial charge is 0.318 e. The molecule has 1 heterocycles. The van der Waals surface area contributed by atoms with Gasteiger partial charge in [0.15, 0.2) is 0 Å². The first-order valence-corrected chi connectivity index (χ1v) is 11.1. The average molecular weight is 428 g/mol. The van der Waals surface area contributed by atoms with Gasteiger partial charge in [-0.15, -0.1) is 0 Å². The quantitative estimate of drug-likeness (QED) is 0.594. The van der Waals surface area contributed by atoms with Gasteiger partial charge in [-0.05, 0) is 58.2 Å². The minimum atomic E-state index is -0.358. The van der Waals surface area contributed by atoms with Gasteiger partial charge in [-0.1, -0.05) is 43.7 Å². The molecule has 0 spiro atoms. The fraction of sp³-hybridized carbons (Fsp3) is 0.520. The number of urea groups is 1. The van der Waals surface area contributed by atoms with Crippen LogP contribution in [0.1, 0.15) is 57.6 Å². The van der Waals surface area contributed by atoms with Gasteiger partial charge in [0.1, 0.15) is 18.1 Å². The van der Waals surface area contributed by atoms with Gasteiger partial charge in [-0.25, -0.2) is 4.79 Å². The number of nitrogens with one attached hydrogen (secondary N) is 1. The van der Waals surface area contributed by atoms with Crippen molar-refractivity contribution in [3.05, 3.63) is 59.5 Å². The van der Waals surface area contributed by atoms with E-state index in [0.717, 1.165) is 30.8 Å². The summed E-state index contributed by atoms with van der Waals surface area (Å²) >= 11 is 0. The zero-order valence-electron chi connectivity index (χ0n) is 19.6. The molecule has 0 saturated carbocycles. The number of amides is 3. The van der Waals surface area contributed by atoms with E-state index in [1.807, 2.05) is 58.0 Å². The lowest BCUT2D eigenvalue weighted by Gasteiger charge is -2.30. The van der Waals surface area contributed by atoms with E-state index in [1.54, 1.807) is 9.80 Å². The summed E-state index contributed by atoms with van der Waals surface area (Å²) in [7, 11) is 0. The third kappa shape index (κ3) is 8.87. The Labute approximate surface area is 186 Å². The number of nitrogens with zero attached hydrogens (tertiary/aromatic N) is 2. The summed E-state index contributed by atoms with van der Waals surface area (Å²) < 4.78 is 5.71. The predicted octanol–water partition coefficient (Wildman–Crippen LogP) is 4.77. The van der Waals surface area contributed by atoms with Gasteiger partial charge < -0.3 is 19.5 Å². The Morgan fingerprint density at radius 1 is 1.00 bits per heavy atom. The van der Waals surface area contributed by atoms with E-state index in [1.165, 1.54) is 5.56 Å². The first-order chi connectivity index (χ1) is 14.7. The Kier molecular flexibility index (Phi) is 9.16. The van der Waals surface area contributed by atoms with Crippen molar-refractivity contribution in [2.45, 2.75) is 66.0 Å². The lowest BCUT2D eigenvalue weighted by molar-refractivity contribution is -0.132. The highest BCUT2D eigenvalue weighted by molar-refractivity contribution is 5.84. The van der Waals surface area contributed by atoms with Gasteiger partial charge in [0, 0.05) is 18.6 Å². The standard InChI is InChI=1S/C25H37N3O3/c1-6-7-16-28(24(30)26-25(3,4)5)19-23(29)27(18-22-14-13-20(2)31-22)17-15-21-11-9-8-10-12-21/h8-14H,6-7,15-19H2,1-5H3,(H,26,30). The van der Waals surface area contributed by atoms with Gasteiger partial charge in [0.2, 0.25) is 5.91 Å². The molecule has 2 rings (SSSR count). The number of carbonyl (C=O) groups excluding carboxylic acids is 2. The molecule has 0 saturated heterocycles. The normalized spacial score (nSPS) is 11.3. The van der Waals surface area contributed by atoms with Crippen LogP contribution >= 0.6 is 0 Å². The second kappa shape index (κ2) is 11.6. The van der Waals surface area contributed by atoms with E-state index < -0.39 is 0 Å². The number of benzene rings is 1. The molecular weight excluding hydrogens is 390 g/mol. The number of aryl methyl sites for hydroxylation is 1. The second-order valence-corrected chi connectivity index (χ2v) is 9.02. The van der Waals surface area contributed by atoms with Crippen molar-refractivity contribution in [1.29, 1.82) is 0 Å². The molecule has 1 aromatic carbocycles. The molecule has 2 aromatic rings. The van der Waals surface area contributed by atoms with Crippen molar-refractivity contribution in [2.75, 3.05) is 19.6 Å². The summed E-state index contributed by atoms with van der Waals surface area (Å²) in [6.45, 7) is 11.3. The Bertz CT molecular complexity index is 824. The minimum Gasteiger partial charge on any atom is -0.464 e. The Balaban J connectivity index is 2.12. The maximum atomic E-state index is 13.3. The second-order valence-electron chi connectivity index (χ2n) is 9.02. The Hall–Kier alpha value is -2.76. The third-order valence-corrected chi connectivity index (χ3v) is 4.89. The van der Waals surface area contributed by atoms with Crippen LogP contribution in [0.3, 0.4) is 0 Å². The zero-order chi connectivity index (χ0) is 22.9. The molecule has 170 valence electrons. The Morgan fingerprint density at radius 3 is 2.29 bits per heavy atom. The maximum Gasteiger partial charge on any atom is 0.318 e. The van der Waals surface area contributed by atoms with Crippen molar-refractivity contribution < 1.29 is 14.0 Å². The third-order valence-electron chi connectivity index (χ3n) is 4.89. The predicted molar refractivity (Wildman–Crippen MR) is 124 cm³/mol. The van der Waals surface area contributed by atoms with Gasteiger partial charge in [0.25, 0.3) is 0 Å². The molecule has 0 fully saturated rings. The number of unbranched alkanes of at least 4 members (excludes halogenated alkanes) is 1. The summed E-state index contributed by atoms with van der Waals surface area (Å²) in [5.74, 6) is 1.49. The molecule has 1 aromatic heterocycles. The monoisotopic (exact) mass is 427 g/mol. The fourth-order valence-electron chi connectivity index (χ4n) is 3.22. The summed E-state index contributed by atoms with van der Waals surface area (Å²) in [4.78, 5) is 29.5. The Morgan fingerprint density at radius 2 is 1.71 bits per heavy atom. The van der Waals surface area contributed by atoms with Crippen LogP contribution in [0, 0.1) is 6.92 Å². The van der Waals surface area contributed by atoms with E-state index in [2.05, 4.69) is 24.4 Å². The molecule has 0 radical (unpaired) electrons. The van der Waals surface area contributed by atoms with Crippen LogP contribution < -0.4 is 5.32 Å². The number of furan rings is 1. The summed E-state index contributed by atoms with van der Waals surface area (Å²) in [6, 6.07) is 13.7. The molecule has 31 heavy (non-hydrogen) atoms. The first kappa shape index (κ1) is 24.5. The van der Waals surface area contributed by atoms with Crippen LogP contribution in [-0.2, 0) is 17.8 Å². The first-order valence-electron chi connectivity index (χ1n) is 11.1. The molecule has 0 bridgehead atoms. The summed E-state index contributed by atoms with van der Waals surface area (Å²) in [6.07, 6.45) is 2.55. The van der Waals surface area contributed by atoms with E-state index in [9.17, 15) is 9.59 Å². The fourth-order valence-corrected chi connectivity index (χ4v) is 3.22.